The Morgan fingerprint density at radius 3 is 2.47 bits per heavy atom. The van der Waals surface area contributed by atoms with E-state index in [9.17, 15) is 9.59 Å². The SMILES string of the molecule is C=CC[C@@]1(C)C[C@H](c2cccc(Cl)c2)C(c2ccc(Cl)cc2)N(C(CC)CCCC(C)=O)C1=O. The third-order valence-electron chi connectivity index (χ3n) is 7.12. The number of hydrogen-bond donors (Lipinski definition) is 0. The molecule has 34 heavy (non-hydrogen) atoms. The molecule has 2 aromatic carbocycles. The number of likely N-dealkylation sites (tertiary alicyclic amines) is 1. The maximum atomic E-state index is 14.2. The van der Waals surface area contributed by atoms with Crippen molar-refractivity contribution in [3.8, 4) is 0 Å². The van der Waals surface area contributed by atoms with E-state index >= 15 is 0 Å². The van der Waals surface area contributed by atoms with Crippen LogP contribution in [-0.2, 0) is 9.59 Å². The van der Waals surface area contributed by atoms with Gasteiger partial charge in [0.05, 0.1) is 11.5 Å². The second-order valence-corrected chi connectivity index (χ2v) is 10.7. The summed E-state index contributed by atoms with van der Waals surface area (Å²) in [5.41, 5.74) is 1.62. The molecule has 3 nitrogen and oxygen atoms in total. The van der Waals surface area contributed by atoms with E-state index in [-0.39, 0.29) is 29.7 Å². The topological polar surface area (TPSA) is 37.4 Å². The smallest absolute Gasteiger partial charge is 0.229 e. The van der Waals surface area contributed by atoms with Crippen LogP contribution in [0.15, 0.2) is 61.2 Å². The normalized spacial score (nSPS) is 23.6. The highest BCUT2D eigenvalue weighted by Gasteiger charge is 2.50. The largest absolute Gasteiger partial charge is 0.332 e. The number of rotatable bonds is 10. The number of amides is 1. The van der Waals surface area contributed by atoms with Crippen LogP contribution in [0.4, 0.5) is 0 Å². The molecule has 0 bridgehead atoms. The summed E-state index contributed by atoms with van der Waals surface area (Å²) in [5, 5.41) is 1.36. The van der Waals surface area contributed by atoms with Crippen molar-refractivity contribution in [3.63, 3.8) is 0 Å². The van der Waals surface area contributed by atoms with Gasteiger partial charge in [0, 0.05) is 28.4 Å². The lowest BCUT2D eigenvalue weighted by molar-refractivity contribution is -0.154. The standard InChI is InChI=1S/C29H35Cl2NO2/c1-5-17-29(4)19-26(22-10-8-11-24(31)18-22)27(21-13-15-23(30)16-14-21)32(28(29)34)25(6-2)12-7-9-20(3)33/h5,8,10-11,13-16,18,25-27H,1,6-7,9,12,17,19H2,2-4H3/t25?,26-,27?,29+/m1/s1. The van der Waals surface area contributed by atoms with Gasteiger partial charge < -0.3 is 9.69 Å². The van der Waals surface area contributed by atoms with Gasteiger partial charge in [0.1, 0.15) is 5.78 Å². The average Bonchev–Trinajstić information content (AvgIpc) is 2.79. The molecule has 0 saturated carbocycles. The van der Waals surface area contributed by atoms with E-state index in [0.717, 1.165) is 30.4 Å². The molecule has 0 aromatic heterocycles. The molecule has 1 amide bonds. The van der Waals surface area contributed by atoms with Crippen LogP contribution in [0.25, 0.3) is 0 Å². The van der Waals surface area contributed by atoms with Crippen molar-refractivity contribution in [1.82, 2.24) is 4.90 Å². The molecule has 4 atom stereocenters. The summed E-state index contributed by atoms with van der Waals surface area (Å²) >= 11 is 12.6. The van der Waals surface area contributed by atoms with Crippen LogP contribution >= 0.6 is 23.2 Å². The van der Waals surface area contributed by atoms with Crippen molar-refractivity contribution in [1.29, 1.82) is 0 Å². The number of carbonyl (C=O) groups excluding carboxylic acids is 2. The summed E-state index contributed by atoms with van der Waals surface area (Å²) in [5.74, 6) is 0.395. The Bertz CT molecular complexity index is 1020. The van der Waals surface area contributed by atoms with E-state index in [1.54, 1.807) is 6.92 Å². The fraction of sp³-hybridized carbons (Fsp3) is 0.448. The first-order valence-electron chi connectivity index (χ1n) is 12.1. The average molecular weight is 501 g/mol. The molecule has 5 heteroatoms. The number of carbonyl (C=O) groups is 2. The zero-order valence-electron chi connectivity index (χ0n) is 20.4. The fourth-order valence-corrected chi connectivity index (χ4v) is 5.74. The van der Waals surface area contributed by atoms with E-state index in [0.29, 0.717) is 29.3 Å². The summed E-state index contributed by atoms with van der Waals surface area (Å²) in [4.78, 5) is 27.9. The van der Waals surface area contributed by atoms with Crippen molar-refractivity contribution in [2.24, 2.45) is 5.41 Å². The minimum absolute atomic E-state index is 0.0265. The molecule has 2 aromatic rings. The highest BCUT2D eigenvalue weighted by molar-refractivity contribution is 6.30. The molecular formula is C29H35Cl2NO2. The molecule has 1 heterocycles. The van der Waals surface area contributed by atoms with Gasteiger partial charge in [-0.1, -0.05) is 67.4 Å². The van der Waals surface area contributed by atoms with Crippen molar-refractivity contribution >= 4 is 34.9 Å². The van der Waals surface area contributed by atoms with Gasteiger partial charge in [0.25, 0.3) is 0 Å². The Balaban J connectivity index is 2.15. The molecule has 1 aliphatic heterocycles. The lowest BCUT2D eigenvalue weighted by Gasteiger charge is -2.52. The summed E-state index contributed by atoms with van der Waals surface area (Å²) in [6.45, 7) is 9.75. The van der Waals surface area contributed by atoms with E-state index in [1.807, 2.05) is 48.5 Å². The Morgan fingerprint density at radius 1 is 1.18 bits per heavy atom. The molecule has 2 unspecified atom stereocenters. The van der Waals surface area contributed by atoms with E-state index in [2.05, 4.69) is 31.4 Å². The molecule has 0 radical (unpaired) electrons. The Hall–Kier alpha value is -2.10. The minimum atomic E-state index is -0.564. The zero-order chi connectivity index (χ0) is 24.9. The van der Waals surface area contributed by atoms with E-state index in [1.165, 1.54) is 0 Å². The molecule has 1 saturated heterocycles. The second-order valence-electron chi connectivity index (χ2n) is 9.78. The van der Waals surface area contributed by atoms with Gasteiger partial charge in [-0.05, 0) is 74.4 Å². The Labute approximate surface area is 214 Å². The maximum absolute atomic E-state index is 14.2. The quantitative estimate of drug-likeness (QED) is 0.309. The van der Waals surface area contributed by atoms with Crippen LogP contribution < -0.4 is 0 Å². The first kappa shape index (κ1) is 26.5. The minimum Gasteiger partial charge on any atom is -0.332 e. The molecule has 0 aliphatic carbocycles. The third-order valence-corrected chi connectivity index (χ3v) is 7.60. The molecule has 0 spiro atoms. The predicted molar refractivity (Wildman–Crippen MR) is 141 cm³/mol. The molecular weight excluding hydrogens is 465 g/mol. The Morgan fingerprint density at radius 2 is 1.88 bits per heavy atom. The van der Waals surface area contributed by atoms with Crippen molar-refractivity contribution < 1.29 is 9.59 Å². The number of ketones is 1. The predicted octanol–water partition coefficient (Wildman–Crippen LogP) is 8.17. The van der Waals surface area contributed by atoms with E-state index < -0.39 is 5.41 Å². The highest BCUT2D eigenvalue weighted by Crippen LogP contribution is 2.52. The number of piperidine rings is 1. The maximum Gasteiger partial charge on any atom is 0.229 e. The van der Waals surface area contributed by atoms with Gasteiger partial charge >= 0.3 is 0 Å². The van der Waals surface area contributed by atoms with Crippen LogP contribution in [0.2, 0.25) is 10.0 Å². The van der Waals surface area contributed by atoms with Crippen LogP contribution in [0.5, 0.6) is 0 Å². The first-order valence-corrected chi connectivity index (χ1v) is 12.9. The van der Waals surface area contributed by atoms with Crippen molar-refractivity contribution in [3.05, 3.63) is 82.4 Å². The van der Waals surface area contributed by atoms with Gasteiger partial charge in [-0.15, -0.1) is 6.58 Å². The number of halogens is 2. The van der Waals surface area contributed by atoms with E-state index in [4.69, 9.17) is 23.2 Å². The van der Waals surface area contributed by atoms with Gasteiger partial charge in [-0.2, -0.15) is 0 Å². The lowest BCUT2D eigenvalue weighted by Crippen LogP contribution is -2.55. The van der Waals surface area contributed by atoms with Crippen molar-refractivity contribution in [2.45, 2.75) is 77.3 Å². The van der Waals surface area contributed by atoms with Crippen LogP contribution in [-0.4, -0.2) is 22.6 Å². The summed E-state index contributed by atoms with van der Waals surface area (Å²) in [6.07, 6.45) is 6.07. The van der Waals surface area contributed by atoms with Crippen LogP contribution in [0.3, 0.4) is 0 Å². The number of benzene rings is 2. The molecule has 182 valence electrons. The number of nitrogens with zero attached hydrogens (tertiary/aromatic N) is 1. The molecule has 1 fully saturated rings. The van der Waals surface area contributed by atoms with Gasteiger partial charge in [-0.25, -0.2) is 0 Å². The number of hydrogen-bond acceptors (Lipinski definition) is 2. The zero-order valence-corrected chi connectivity index (χ0v) is 21.9. The summed E-state index contributed by atoms with van der Waals surface area (Å²) in [6, 6.07) is 15.7. The highest BCUT2D eigenvalue weighted by atomic mass is 35.5. The fourth-order valence-electron chi connectivity index (χ4n) is 5.42. The van der Waals surface area contributed by atoms with Crippen LogP contribution in [0, 0.1) is 5.41 Å². The Kier molecular flexibility index (Phi) is 9.01. The lowest BCUT2D eigenvalue weighted by atomic mass is 9.67. The summed E-state index contributed by atoms with van der Waals surface area (Å²) < 4.78 is 0. The molecule has 1 aliphatic rings. The summed E-state index contributed by atoms with van der Waals surface area (Å²) in [7, 11) is 0. The first-order chi connectivity index (χ1) is 16.2. The number of Topliss-reactive ketones (excluding diaryl/α,β-unsaturated/α-hetero) is 1. The second kappa shape index (κ2) is 11.6. The van der Waals surface area contributed by atoms with Gasteiger partial charge in [0.15, 0.2) is 0 Å². The third kappa shape index (κ3) is 5.93. The number of allylic oxidation sites excluding steroid dienone is 1. The monoisotopic (exact) mass is 499 g/mol. The van der Waals surface area contributed by atoms with Crippen molar-refractivity contribution in [2.75, 3.05) is 0 Å². The molecule has 0 N–H and O–H groups in total. The molecule has 3 rings (SSSR count). The van der Waals surface area contributed by atoms with Gasteiger partial charge in [0.2, 0.25) is 5.91 Å². The van der Waals surface area contributed by atoms with Crippen LogP contribution in [0.1, 0.15) is 82.4 Å². The van der Waals surface area contributed by atoms with Gasteiger partial charge in [-0.3, -0.25) is 4.79 Å².